The molecule has 2 N–H and O–H groups in total. The van der Waals surface area contributed by atoms with Gasteiger partial charge in [0.25, 0.3) is 5.91 Å². The van der Waals surface area contributed by atoms with Crippen LogP contribution in [-0.2, 0) is 16.0 Å². The molecule has 2 aliphatic rings. The van der Waals surface area contributed by atoms with Gasteiger partial charge >= 0.3 is 5.97 Å². The predicted octanol–water partition coefficient (Wildman–Crippen LogP) is 3.49. The Balaban J connectivity index is 1.65. The lowest BCUT2D eigenvalue weighted by molar-refractivity contribution is -0.136. The molecule has 0 radical (unpaired) electrons. The lowest BCUT2D eigenvalue weighted by Gasteiger charge is -2.45. The van der Waals surface area contributed by atoms with E-state index in [1.807, 2.05) is 42.5 Å². The minimum Gasteiger partial charge on any atom is -0.464 e. The number of benzene rings is 2. The SMILES string of the molecule is COC(=O)/C(N)=C/c1cccc2c1CCC1C2CCCN1C(=O)c1ccccc1. The molecule has 2 atom stereocenters. The minimum absolute atomic E-state index is 0.104. The summed E-state index contributed by atoms with van der Waals surface area (Å²) >= 11 is 0. The highest BCUT2D eigenvalue weighted by Gasteiger charge is 2.39. The molecular formula is C24H26N2O3. The normalized spacial score (nSPS) is 21.1. The molecular weight excluding hydrogens is 364 g/mol. The maximum atomic E-state index is 13.1. The van der Waals surface area contributed by atoms with Gasteiger partial charge in [-0.3, -0.25) is 4.79 Å². The third-order valence-corrected chi connectivity index (χ3v) is 6.13. The number of hydrogen-bond donors (Lipinski definition) is 1. The highest BCUT2D eigenvalue weighted by molar-refractivity contribution is 5.94. The van der Waals surface area contributed by atoms with E-state index in [0.29, 0.717) is 5.92 Å². The number of methoxy groups -OCH3 is 1. The molecule has 5 nitrogen and oxygen atoms in total. The van der Waals surface area contributed by atoms with E-state index in [-0.39, 0.29) is 17.6 Å². The summed E-state index contributed by atoms with van der Waals surface area (Å²) < 4.78 is 4.72. The third-order valence-electron chi connectivity index (χ3n) is 6.13. The summed E-state index contributed by atoms with van der Waals surface area (Å²) in [5, 5.41) is 0. The molecule has 29 heavy (non-hydrogen) atoms. The van der Waals surface area contributed by atoms with Crippen molar-refractivity contribution in [3.63, 3.8) is 0 Å². The Bertz CT molecular complexity index is 952. The van der Waals surface area contributed by atoms with Gasteiger partial charge in [-0.25, -0.2) is 4.79 Å². The second kappa shape index (κ2) is 8.11. The molecule has 4 rings (SSSR count). The Morgan fingerprint density at radius 3 is 2.66 bits per heavy atom. The van der Waals surface area contributed by atoms with Crippen LogP contribution < -0.4 is 5.73 Å². The number of hydrogen-bond acceptors (Lipinski definition) is 4. The summed E-state index contributed by atoms with van der Waals surface area (Å²) in [5.74, 6) is -0.0869. The number of piperidine rings is 1. The van der Waals surface area contributed by atoms with Crippen molar-refractivity contribution in [3.8, 4) is 0 Å². The number of carbonyl (C=O) groups excluding carboxylic acids is 2. The summed E-state index contributed by atoms with van der Waals surface area (Å²) in [6.07, 6.45) is 5.54. The van der Waals surface area contributed by atoms with Crippen LogP contribution in [0.5, 0.6) is 0 Å². The summed E-state index contributed by atoms with van der Waals surface area (Å²) in [6.45, 7) is 0.805. The van der Waals surface area contributed by atoms with E-state index >= 15 is 0 Å². The van der Waals surface area contributed by atoms with Crippen LogP contribution in [0.3, 0.4) is 0 Å². The number of ether oxygens (including phenoxy) is 1. The first-order chi connectivity index (χ1) is 14.1. The van der Waals surface area contributed by atoms with Crippen LogP contribution in [0.25, 0.3) is 6.08 Å². The van der Waals surface area contributed by atoms with Crippen LogP contribution in [0.4, 0.5) is 0 Å². The smallest absolute Gasteiger partial charge is 0.353 e. The van der Waals surface area contributed by atoms with Crippen molar-refractivity contribution < 1.29 is 14.3 Å². The zero-order chi connectivity index (χ0) is 20.4. The summed E-state index contributed by atoms with van der Waals surface area (Å²) in [4.78, 5) is 26.9. The van der Waals surface area contributed by atoms with E-state index < -0.39 is 5.97 Å². The number of nitrogens with zero attached hydrogens (tertiary/aromatic N) is 1. The molecule has 0 bridgehead atoms. The van der Waals surface area contributed by atoms with Gasteiger partial charge in [0.1, 0.15) is 5.70 Å². The Labute approximate surface area is 171 Å². The Hall–Kier alpha value is -3.08. The number of likely N-dealkylation sites (tertiary alicyclic amines) is 1. The molecule has 2 aromatic carbocycles. The fraction of sp³-hybridized carbons (Fsp3) is 0.333. The lowest BCUT2D eigenvalue weighted by atomic mass is 9.73. The van der Waals surface area contributed by atoms with Gasteiger partial charge in [0.2, 0.25) is 0 Å². The van der Waals surface area contributed by atoms with Gasteiger partial charge in [-0.1, -0.05) is 36.4 Å². The minimum atomic E-state index is -0.520. The van der Waals surface area contributed by atoms with Crippen molar-refractivity contribution in [1.82, 2.24) is 4.90 Å². The first-order valence-electron chi connectivity index (χ1n) is 10.1. The number of amides is 1. The highest BCUT2D eigenvalue weighted by Crippen LogP contribution is 2.42. The third kappa shape index (κ3) is 3.65. The molecule has 0 spiro atoms. The molecule has 2 aromatic rings. The first kappa shape index (κ1) is 19.2. The van der Waals surface area contributed by atoms with E-state index in [0.717, 1.165) is 43.4 Å². The van der Waals surface area contributed by atoms with Crippen molar-refractivity contribution in [2.45, 2.75) is 37.6 Å². The monoisotopic (exact) mass is 390 g/mol. The molecule has 150 valence electrons. The maximum Gasteiger partial charge on any atom is 0.353 e. The average molecular weight is 390 g/mol. The van der Waals surface area contributed by atoms with Crippen molar-refractivity contribution in [3.05, 3.63) is 76.5 Å². The fourth-order valence-electron chi connectivity index (χ4n) is 4.81. The van der Waals surface area contributed by atoms with Crippen LogP contribution in [0, 0.1) is 0 Å². The van der Waals surface area contributed by atoms with Gasteiger partial charge in [-0.15, -0.1) is 0 Å². The zero-order valence-corrected chi connectivity index (χ0v) is 16.6. The van der Waals surface area contributed by atoms with Crippen molar-refractivity contribution >= 4 is 18.0 Å². The molecule has 1 saturated heterocycles. The quantitative estimate of drug-likeness (QED) is 0.643. The molecule has 0 saturated carbocycles. The number of rotatable bonds is 3. The van der Waals surface area contributed by atoms with Gasteiger partial charge < -0.3 is 15.4 Å². The second-order valence-corrected chi connectivity index (χ2v) is 7.73. The highest BCUT2D eigenvalue weighted by atomic mass is 16.5. The first-order valence-corrected chi connectivity index (χ1v) is 10.1. The fourth-order valence-corrected chi connectivity index (χ4v) is 4.81. The summed E-state index contributed by atoms with van der Waals surface area (Å²) in [5.41, 5.74) is 10.2. The van der Waals surface area contributed by atoms with E-state index in [2.05, 4.69) is 11.0 Å². The molecule has 0 aromatic heterocycles. The van der Waals surface area contributed by atoms with Crippen LogP contribution in [0.1, 0.15) is 52.2 Å². The van der Waals surface area contributed by atoms with E-state index in [9.17, 15) is 9.59 Å². The van der Waals surface area contributed by atoms with Crippen LogP contribution >= 0.6 is 0 Å². The van der Waals surface area contributed by atoms with Crippen LogP contribution in [0.2, 0.25) is 0 Å². The Morgan fingerprint density at radius 2 is 1.90 bits per heavy atom. The van der Waals surface area contributed by atoms with Crippen molar-refractivity contribution in [2.75, 3.05) is 13.7 Å². The molecule has 5 heteroatoms. The Morgan fingerprint density at radius 1 is 1.10 bits per heavy atom. The number of nitrogens with two attached hydrogens (primary N) is 1. The number of esters is 1. The van der Waals surface area contributed by atoms with Gasteiger partial charge in [0.05, 0.1) is 7.11 Å². The number of fused-ring (bicyclic) bond motifs is 3. The van der Waals surface area contributed by atoms with Crippen LogP contribution in [0.15, 0.2) is 54.2 Å². The van der Waals surface area contributed by atoms with Crippen LogP contribution in [-0.4, -0.2) is 36.5 Å². The largest absolute Gasteiger partial charge is 0.464 e. The summed E-state index contributed by atoms with van der Waals surface area (Å²) in [6, 6.07) is 15.9. The topological polar surface area (TPSA) is 72.6 Å². The van der Waals surface area contributed by atoms with Crippen molar-refractivity contribution in [1.29, 1.82) is 0 Å². The Kier molecular flexibility index (Phi) is 5.38. The lowest BCUT2D eigenvalue weighted by Crippen LogP contribution is -2.49. The molecule has 2 unspecified atom stereocenters. The molecule has 1 aliphatic heterocycles. The van der Waals surface area contributed by atoms with Crippen molar-refractivity contribution in [2.24, 2.45) is 5.73 Å². The molecule has 1 amide bonds. The van der Waals surface area contributed by atoms with E-state index in [1.54, 1.807) is 6.08 Å². The van der Waals surface area contributed by atoms with Gasteiger partial charge in [-0.05, 0) is 60.6 Å². The van der Waals surface area contributed by atoms with Gasteiger partial charge in [0.15, 0.2) is 0 Å². The predicted molar refractivity (Wildman–Crippen MR) is 112 cm³/mol. The maximum absolute atomic E-state index is 13.1. The average Bonchev–Trinajstić information content (AvgIpc) is 2.78. The number of carbonyl (C=O) groups is 2. The molecule has 1 fully saturated rings. The van der Waals surface area contributed by atoms with Gasteiger partial charge in [0, 0.05) is 24.1 Å². The summed E-state index contributed by atoms with van der Waals surface area (Å²) in [7, 11) is 1.33. The van der Waals surface area contributed by atoms with E-state index in [4.69, 9.17) is 10.5 Å². The standard InChI is InChI=1S/C24H26N2O3/c1-29-24(28)21(25)15-17-9-5-10-19-18(17)12-13-22-20(19)11-6-14-26(22)23(27)16-7-3-2-4-8-16/h2-5,7-10,15,20,22H,6,11-14,25H2,1H3/b21-15-. The zero-order valence-electron chi connectivity index (χ0n) is 16.6. The van der Waals surface area contributed by atoms with Gasteiger partial charge in [-0.2, -0.15) is 0 Å². The molecule has 1 aliphatic carbocycles. The second-order valence-electron chi connectivity index (χ2n) is 7.73. The van der Waals surface area contributed by atoms with E-state index in [1.165, 1.54) is 18.2 Å². The molecule has 1 heterocycles.